The fourth-order valence-corrected chi connectivity index (χ4v) is 5.03. The standard InChI is InChI=1S/C33H42N6O3/c1-5-17-42-29-10-8-9-25(20-29)30-15-16-34-33(38-30)37-28-19-23(22-39(4)7-3)18-27(21-28)36-32(41)24-11-13-26(14-12-24)35-31(40)6-2/h6,8-10,15-16,18-21,24,26H,2,5,7,11-14,17,22H2,1,3-4H3,(H,35,40)(H,36,41)(H,34,37,38). The number of benzene rings is 2. The smallest absolute Gasteiger partial charge is 0.243 e. The van der Waals surface area contributed by atoms with Crippen molar-refractivity contribution >= 4 is 29.1 Å². The normalized spacial score (nSPS) is 16.5. The molecule has 9 heteroatoms. The number of ether oxygens (including phenoxy) is 1. The van der Waals surface area contributed by atoms with Crippen LogP contribution in [0.5, 0.6) is 5.75 Å². The predicted octanol–water partition coefficient (Wildman–Crippen LogP) is 5.93. The van der Waals surface area contributed by atoms with Gasteiger partial charge in [-0.25, -0.2) is 9.97 Å². The van der Waals surface area contributed by atoms with Crippen molar-refractivity contribution in [3.8, 4) is 17.0 Å². The van der Waals surface area contributed by atoms with E-state index in [-0.39, 0.29) is 23.8 Å². The first-order valence-corrected chi connectivity index (χ1v) is 14.8. The molecule has 0 bridgehead atoms. The van der Waals surface area contributed by atoms with E-state index in [1.165, 1.54) is 6.08 Å². The lowest BCUT2D eigenvalue weighted by molar-refractivity contribution is -0.121. The monoisotopic (exact) mass is 570 g/mol. The van der Waals surface area contributed by atoms with Crippen LogP contribution in [-0.4, -0.2) is 52.9 Å². The molecule has 0 unspecified atom stereocenters. The SMILES string of the molecule is C=CC(=O)NC1CCC(C(=O)Nc2cc(CN(C)CC)cc(Nc3nccc(-c4cccc(OCCC)c4)n3)c2)CC1. The second kappa shape index (κ2) is 15.1. The zero-order chi connectivity index (χ0) is 29.9. The Kier molecular flexibility index (Phi) is 11.1. The summed E-state index contributed by atoms with van der Waals surface area (Å²) >= 11 is 0. The molecule has 3 N–H and O–H groups in total. The minimum Gasteiger partial charge on any atom is -0.494 e. The first kappa shape index (κ1) is 30.7. The van der Waals surface area contributed by atoms with Crippen LogP contribution in [0.1, 0.15) is 51.5 Å². The number of hydrogen-bond donors (Lipinski definition) is 3. The zero-order valence-electron chi connectivity index (χ0n) is 24.9. The third-order valence-electron chi connectivity index (χ3n) is 7.40. The number of carbonyl (C=O) groups excluding carboxylic acids is 2. The second-order valence-corrected chi connectivity index (χ2v) is 10.8. The quantitative estimate of drug-likeness (QED) is 0.219. The van der Waals surface area contributed by atoms with Gasteiger partial charge in [0, 0.05) is 41.6 Å². The number of nitrogens with one attached hydrogen (secondary N) is 3. The molecule has 1 aliphatic rings. The van der Waals surface area contributed by atoms with Crippen molar-refractivity contribution in [2.75, 3.05) is 30.8 Å². The van der Waals surface area contributed by atoms with Gasteiger partial charge in [0.25, 0.3) is 0 Å². The summed E-state index contributed by atoms with van der Waals surface area (Å²) in [6, 6.07) is 15.8. The molecule has 222 valence electrons. The van der Waals surface area contributed by atoms with Crippen molar-refractivity contribution in [3.63, 3.8) is 0 Å². The van der Waals surface area contributed by atoms with Gasteiger partial charge >= 0.3 is 0 Å². The van der Waals surface area contributed by atoms with Crippen molar-refractivity contribution in [1.82, 2.24) is 20.2 Å². The first-order valence-electron chi connectivity index (χ1n) is 14.8. The van der Waals surface area contributed by atoms with Gasteiger partial charge in [0.1, 0.15) is 5.75 Å². The molecule has 2 aromatic carbocycles. The van der Waals surface area contributed by atoms with Crippen LogP contribution in [0.4, 0.5) is 17.3 Å². The molecule has 0 saturated heterocycles. The molecule has 42 heavy (non-hydrogen) atoms. The third kappa shape index (κ3) is 8.88. The molecule has 0 atom stereocenters. The Morgan fingerprint density at radius 1 is 1.07 bits per heavy atom. The molecule has 9 nitrogen and oxygen atoms in total. The van der Waals surface area contributed by atoms with Crippen LogP contribution in [0, 0.1) is 5.92 Å². The van der Waals surface area contributed by atoms with Crippen molar-refractivity contribution in [1.29, 1.82) is 0 Å². The molecule has 1 aliphatic carbocycles. The molecule has 1 aromatic heterocycles. The van der Waals surface area contributed by atoms with Crippen molar-refractivity contribution < 1.29 is 14.3 Å². The average Bonchev–Trinajstić information content (AvgIpc) is 3.00. The maximum absolute atomic E-state index is 13.2. The van der Waals surface area contributed by atoms with Gasteiger partial charge in [-0.15, -0.1) is 0 Å². The van der Waals surface area contributed by atoms with E-state index in [9.17, 15) is 9.59 Å². The predicted molar refractivity (Wildman–Crippen MR) is 168 cm³/mol. The number of carbonyl (C=O) groups is 2. The number of nitrogens with zero attached hydrogens (tertiary/aromatic N) is 3. The number of hydrogen-bond acceptors (Lipinski definition) is 7. The lowest BCUT2D eigenvalue weighted by atomic mass is 9.85. The van der Waals surface area contributed by atoms with E-state index < -0.39 is 0 Å². The van der Waals surface area contributed by atoms with Crippen LogP contribution < -0.4 is 20.7 Å². The summed E-state index contributed by atoms with van der Waals surface area (Å²) in [4.78, 5) is 36.3. The van der Waals surface area contributed by atoms with E-state index in [0.29, 0.717) is 12.6 Å². The number of rotatable bonds is 13. The summed E-state index contributed by atoms with van der Waals surface area (Å²) < 4.78 is 5.79. The molecule has 0 spiro atoms. The van der Waals surface area contributed by atoms with Crippen LogP contribution in [0.25, 0.3) is 11.3 Å². The summed E-state index contributed by atoms with van der Waals surface area (Å²) in [6.07, 6.45) is 6.95. The molecular weight excluding hydrogens is 528 g/mol. The number of amides is 2. The van der Waals surface area contributed by atoms with Crippen molar-refractivity contribution in [3.05, 3.63) is 72.9 Å². The molecule has 4 rings (SSSR count). The lowest BCUT2D eigenvalue weighted by Crippen LogP contribution is -2.38. The molecule has 0 aliphatic heterocycles. The molecule has 3 aromatic rings. The highest BCUT2D eigenvalue weighted by atomic mass is 16.5. The second-order valence-electron chi connectivity index (χ2n) is 10.8. The molecular formula is C33H42N6O3. The average molecular weight is 571 g/mol. The van der Waals surface area contributed by atoms with E-state index in [1.54, 1.807) is 6.20 Å². The highest BCUT2D eigenvalue weighted by Crippen LogP contribution is 2.28. The van der Waals surface area contributed by atoms with Crippen LogP contribution in [0.3, 0.4) is 0 Å². The van der Waals surface area contributed by atoms with E-state index in [2.05, 4.69) is 59.4 Å². The topological polar surface area (TPSA) is 108 Å². The summed E-state index contributed by atoms with van der Waals surface area (Å²) in [5, 5.41) is 9.43. The Balaban J connectivity index is 1.49. The maximum atomic E-state index is 13.2. The fraction of sp³-hybridized carbons (Fsp3) is 0.394. The summed E-state index contributed by atoms with van der Waals surface area (Å²) in [6.45, 7) is 10.00. The van der Waals surface area contributed by atoms with Crippen LogP contribution in [0.2, 0.25) is 0 Å². The maximum Gasteiger partial charge on any atom is 0.243 e. The van der Waals surface area contributed by atoms with E-state index in [1.807, 2.05) is 42.5 Å². The van der Waals surface area contributed by atoms with Gasteiger partial charge in [-0.3, -0.25) is 9.59 Å². The molecule has 1 heterocycles. The van der Waals surface area contributed by atoms with Gasteiger partial charge in [0.2, 0.25) is 17.8 Å². The van der Waals surface area contributed by atoms with Gasteiger partial charge in [0.05, 0.1) is 12.3 Å². The van der Waals surface area contributed by atoms with Crippen LogP contribution in [-0.2, 0) is 16.1 Å². The highest BCUT2D eigenvalue weighted by molar-refractivity contribution is 5.93. The Bertz CT molecular complexity index is 1370. The van der Waals surface area contributed by atoms with Crippen LogP contribution >= 0.6 is 0 Å². The largest absolute Gasteiger partial charge is 0.494 e. The fourth-order valence-electron chi connectivity index (χ4n) is 5.03. The van der Waals surface area contributed by atoms with Gasteiger partial charge in [-0.1, -0.05) is 32.6 Å². The van der Waals surface area contributed by atoms with Gasteiger partial charge < -0.3 is 25.6 Å². The van der Waals surface area contributed by atoms with Gasteiger partial charge in [-0.2, -0.15) is 0 Å². The Morgan fingerprint density at radius 3 is 2.60 bits per heavy atom. The molecule has 2 amide bonds. The number of anilines is 3. The van der Waals surface area contributed by atoms with Crippen molar-refractivity contribution in [2.45, 2.75) is 58.5 Å². The molecule has 0 radical (unpaired) electrons. The van der Waals surface area contributed by atoms with E-state index in [0.717, 1.165) is 79.1 Å². The molecule has 1 saturated carbocycles. The van der Waals surface area contributed by atoms with Crippen molar-refractivity contribution in [2.24, 2.45) is 5.92 Å². The Morgan fingerprint density at radius 2 is 1.86 bits per heavy atom. The van der Waals surface area contributed by atoms with Gasteiger partial charge in [-0.05, 0) is 93.7 Å². The van der Waals surface area contributed by atoms with Gasteiger partial charge in [0.15, 0.2) is 0 Å². The van der Waals surface area contributed by atoms with E-state index >= 15 is 0 Å². The summed E-state index contributed by atoms with van der Waals surface area (Å²) in [5.41, 5.74) is 4.31. The summed E-state index contributed by atoms with van der Waals surface area (Å²) in [5.74, 6) is 1.01. The zero-order valence-corrected chi connectivity index (χ0v) is 24.9. The Hall–Kier alpha value is -4.24. The minimum atomic E-state index is -0.166. The minimum absolute atomic E-state index is 0.00105. The molecule has 1 fully saturated rings. The summed E-state index contributed by atoms with van der Waals surface area (Å²) in [7, 11) is 2.06. The highest BCUT2D eigenvalue weighted by Gasteiger charge is 2.27. The third-order valence-corrected chi connectivity index (χ3v) is 7.40. The van der Waals surface area contributed by atoms with E-state index in [4.69, 9.17) is 9.72 Å². The lowest BCUT2D eigenvalue weighted by Gasteiger charge is -2.28. The Labute approximate surface area is 248 Å². The number of aromatic nitrogens is 2. The van der Waals surface area contributed by atoms with Crippen LogP contribution in [0.15, 0.2) is 67.4 Å². The first-order chi connectivity index (χ1) is 20.4.